The Bertz CT molecular complexity index is 910. The van der Waals surface area contributed by atoms with E-state index in [1.54, 1.807) is 4.90 Å². The average molecular weight is 377 g/mol. The van der Waals surface area contributed by atoms with Gasteiger partial charge in [-0.1, -0.05) is 48.5 Å². The van der Waals surface area contributed by atoms with Crippen molar-refractivity contribution in [2.75, 3.05) is 19.7 Å². The zero-order valence-corrected chi connectivity index (χ0v) is 15.6. The second kappa shape index (κ2) is 6.36. The first-order valence-electron chi connectivity index (χ1n) is 9.93. The van der Waals surface area contributed by atoms with Crippen molar-refractivity contribution in [2.24, 2.45) is 11.3 Å². The van der Waals surface area contributed by atoms with Gasteiger partial charge in [-0.3, -0.25) is 4.79 Å². The molecule has 2 aliphatic carbocycles. The first kappa shape index (κ1) is 17.3. The smallest absolute Gasteiger partial charge is 0.409 e. The number of amides is 1. The summed E-state index contributed by atoms with van der Waals surface area (Å²) < 4.78 is 5.72. The van der Waals surface area contributed by atoms with Gasteiger partial charge in [0, 0.05) is 19.0 Å². The number of hydrogen-bond acceptors (Lipinski definition) is 3. The summed E-state index contributed by atoms with van der Waals surface area (Å²) in [5, 5.41) is 9.61. The van der Waals surface area contributed by atoms with Crippen molar-refractivity contribution in [3.63, 3.8) is 0 Å². The lowest BCUT2D eigenvalue weighted by Gasteiger charge is -2.24. The number of benzene rings is 2. The van der Waals surface area contributed by atoms with Gasteiger partial charge in [0.15, 0.2) is 0 Å². The number of rotatable bonds is 3. The van der Waals surface area contributed by atoms with E-state index in [0.29, 0.717) is 13.0 Å². The van der Waals surface area contributed by atoms with Gasteiger partial charge in [-0.2, -0.15) is 0 Å². The van der Waals surface area contributed by atoms with Crippen LogP contribution in [0.15, 0.2) is 48.5 Å². The molecule has 0 spiro atoms. The van der Waals surface area contributed by atoms with Crippen molar-refractivity contribution in [2.45, 2.75) is 25.2 Å². The van der Waals surface area contributed by atoms with E-state index in [-0.39, 0.29) is 25.0 Å². The van der Waals surface area contributed by atoms with Gasteiger partial charge in [0.2, 0.25) is 0 Å². The Balaban J connectivity index is 1.33. The maximum Gasteiger partial charge on any atom is 0.409 e. The van der Waals surface area contributed by atoms with Gasteiger partial charge in [0.05, 0.1) is 5.41 Å². The summed E-state index contributed by atoms with van der Waals surface area (Å²) in [4.78, 5) is 26.1. The molecule has 28 heavy (non-hydrogen) atoms. The van der Waals surface area contributed by atoms with Crippen LogP contribution in [-0.4, -0.2) is 41.8 Å². The Labute approximate surface area is 163 Å². The van der Waals surface area contributed by atoms with Gasteiger partial charge in [-0.25, -0.2) is 4.79 Å². The van der Waals surface area contributed by atoms with E-state index in [9.17, 15) is 14.7 Å². The Morgan fingerprint density at radius 1 is 1.07 bits per heavy atom. The van der Waals surface area contributed by atoms with Gasteiger partial charge >= 0.3 is 12.1 Å². The van der Waals surface area contributed by atoms with Crippen molar-refractivity contribution in [1.82, 2.24) is 4.90 Å². The highest BCUT2D eigenvalue weighted by Gasteiger charge is 2.61. The number of hydrogen-bond donors (Lipinski definition) is 1. The second-order valence-electron chi connectivity index (χ2n) is 8.23. The zero-order chi connectivity index (χ0) is 19.3. The van der Waals surface area contributed by atoms with Crippen LogP contribution in [0.5, 0.6) is 0 Å². The number of ether oxygens (including phenoxy) is 1. The van der Waals surface area contributed by atoms with Crippen molar-refractivity contribution >= 4 is 12.1 Å². The molecule has 5 heteroatoms. The van der Waals surface area contributed by atoms with Gasteiger partial charge in [-0.05, 0) is 47.4 Å². The molecule has 5 nitrogen and oxygen atoms in total. The summed E-state index contributed by atoms with van der Waals surface area (Å²) in [6, 6.07) is 16.5. The van der Waals surface area contributed by atoms with Crippen LogP contribution in [0.1, 0.15) is 36.3 Å². The van der Waals surface area contributed by atoms with Gasteiger partial charge in [0.25, 0.3) is 0 Å². The molecule has 1 aliphatic heterocycles. The summed E-state index contributed by atoms with van der Waals surface area (Å²) >= 11 is 0. The van der Waals surface area contributed by atoms with Crippen LogP contribution in [0.25, 0.3) is 11.1 Å². The Morgan fingerprint density at radius 3 is 2.36 bits per heavy atom. The van der Waals surface area contributed by atoms with Crippen LogP contribution >= 0.6 is 0 Å². The molecule has 2 atom stereocenters. The molecular formula is C23H23NO4. The predicted octanol–water partition coefficient (Wildman–Crippen LogP) is 4.12. The molecule has 1 amide bonds. The zero-order valence-electron chi connectivity index (χ0n) is 15.6. The molecular weight excluding hydrogens is 354 g/mol. The minimum absolute atomic E-state index is 0.0189. The van der Waals surface area contributed by atoms with E-state index in [2.05, 4.69) is 24.3 Å². The number of carboxylic acids is 1. The van der Waals surface area contributed by atoms with Crippen molar-refractivity contribution in [1.29, 1.82) is 0 Å². The maximum atomic E-state index is 12.8. The molecule has 0 radical (unpaired) electrons. The molecule has 1 saturated heterocycles. The summed E-state index contributed by atoms with van der Waals surface area (Å²) in [6.07, 6.45) is 1.99. The molecule has 5 rings (SSSR count). The molecule has 3 aliphatic rings. The van der Waals surface area contributed by atoms with Crippen LogP contribution < -0.4 is 0 Å². The van der Waals surface area contributed by atoms with Crippen LogP contribution in [0, 0.1) is 11.3 Å². The largest absolute Gasteiger partial charge is 0.481 e. The average Bonchev–Trinajstić information content (AvgIpc) is 3.36. The first-order chi connectivity index (χ1) is 13.6. The van der Waals surface area contributed by atoms with E-state index in [1.807, 2.05) is 24.3 Å². The van der Waals surface area contributed by atoms with Crippen LogP contribution in [0.2, 0.25) is 0 Å². The van der Waals surface area contributed by atoms with Crippen LogP contribution in [0.3, 0.4) is 0 Å². The normalized spacial score (nSPS) is 25.3. The SMILES string of the molecule is O=C(OCC1c2ccccc2-c2ccccc21)N1CCCC2CC2(C(=O)O)C1. The summed E-state index contributed by atoms with van der Waals surface area (Å²) in [6.45, 7) is 1.11. The van der Waals surface area contributed by atoms with Crippen molar-refractivity contribution in [3.8, 4) is 11.1 Å². The molecule has 1 saturated carbocycles. The van der Waals surface area contributed by atoms with E-state index in [0.717, 1.165) is 12.8 Å². The number of carbonyl (C=O) groups excluding carboxylic acids is 1. The van der Waals surface area contributed by atoms with E-state index >= 15 is 0 Å². The van der Waals surface area contributed by atoms with Crippen molar-refractivity contribution in [3.05, 3.63) is 59.7 Å². The summed E-state index contributed by atoms with van der Waals surface area (Å²) in [5.41, 5.74) is 4.00. The Kier molecular flexibility index (Phi) is 3.93. The minimum Gasteiger partial charge on any atom is -0.481 e. The van der Waals surface area contributed by atoms with Gasteiger partial charge < -0.3 is 14.7 Å². The molecule has 1 N–H and O–H groups in total. The first-order valence-corrected chi connectivity index (χ1v) is 9.93. The number of nitrogens with zero attached hydrogens (tertiary/aromatic N) is 1. The third-order valence-corrected chi connectivity index (χ3v) is 6.71. The number of carbonyl (C=O) groups is 2. The van der Waals surface area contributed by atoms with Crippen LogP contribution in [-0.2, 0) is 9.53 Å². The monoisotopic (exact) mass is 377 g/mol. The van der Waals surface area contributed by atoms with E-state index < -0.39 is 17.5 Å². The number of aliphatic carboxylic acids is 1. The minimum atomic E-state index is -0.782. The number of fused-ring (bicyclic) bond motifs is 4. The Hall–Kier alpha value is -2.82. The molecule has 0 bridgehead atoms. The van der Waals surface area contributed by atoms with E-state index in [4.69, 9.17) is 4.74 Å². The van der Waals surface area contributed by atoms with Gasteiger partial charge in [0.1, 0.15) is 6.61 Å². The highest BCUT2D eigenvalue weighted by atomic mass is 16.6. The quantitative estimate of drug-likeness (QED) is 0.874. The molecule has 144 valence electrons. The lowest BCUT2D eigenvalue weighted by molar-refractivity contribution is -0.144. The fourth-order valence-corrected chi connectivity index (χ4v) is 5.07. The maximum absolute atomic E-state index is 12.8. The fraction of sp³-hybridized carbons (Fsp3) is 0.391. The highest BCUT2D eigenvalue weighted by molar-refractivity contribution is 5.81. The lowest BCUT2D eigenvalue weighted by Crippen LogP contribution is -2.39. The number of likely N-dealkylation sites (tertiary alicyclic amines) is 1. The van der Waals surface area contributed by atoms with Crippen molar-refractivity contribution < 1.29 is 19.4 Å². The summed E-state index contributed by atoms with van der Waals surface area (Å²) in [5.74, 6) is -0.558. The van der Waals surface area contributed by atoms with Gasteiger partial charge in [-0.15, -0.1) is 0 Å². The Morgan fingerprint density at radius 2 is 1.71 bits per heavy atom. The highest BCUT2D eigenvalue weighted by Crippen LogP contribution is 2.57. The summed E-state index contributed by atoms with van der Waals surface area (Å²) in [7, 11) is 0. The van der Waals surface area contributed by atoms with E-state index in [1.165, 1.54) is 22.3 Å². The fourth-order valence-electron chi connectivity index (χ4n) is 5.07. The lowest BCUT2D eigenvalue weighted by atomic mass is 9.98. The second-order valence-corrected chi connectivity index (χ2v) is 8.23. The predicted molar refractivity (Wildman–Crippen MR) is 104 cm³/mol. The molecule has 2 unspecified atom stereocenters. The molecule has 0 aromatic heterocycles. The van der Waals surface area contributed by atoms with Crippen LogP contribution in [0.4, 0.5) is 4.79 Å². The molecule has 2 aromatic rings. The molecule has 1 heterocycles. The molecule has 2 aromatic carbocycles. The molecule has 2 fully saturated rings. The number of carboxylic acid groups (broad SMARTS) is 1. The third-order valence-electron chi connectivity index (χ3n) is 6.71. The third kappa shape index (κ3) is 2.60. The standard InChI is InChI=1S/C23H23NO4/c25-21(26)23-12-15(23)6-5-11-24(14-23)22(27)28-13-20-18-9-3-1-7-16(18)17-8-2-4-10-19(17)20/h1-4,7-10,15,20H,5-6,11-14H2,(H,25,26). The topological polar surface area (TPSA) is 66.8 Å².